The molecule has 2 fully saturated rings. The van der Waals surface area contributed by atoms with Crippen LogP contribution in [0.4, 0.5) is 11.4 Å². The summed E-state index contributed by atoms with van der Waals surface area (Å²) in [5.41, 5.74) is 1.70. The van der Waals surface area contributed by atoms with Crippen molar-refractivity contribution in [3.05, 3.63) is 33.9 Å². The van der Waals surface area contributed by atoms with Crippen LogP contribution in [0.5, 0.6) is 0 Å². The Bertz CT molecular complexity index is 523. The number of nitro groups is 1. The fraction of sp³-hybridized carbons (Fsp3) is 0.571. The van der Waals surface area contributed by atoms with Crippen molar-refractivity contribution in [2.24, 2.45) is 0 Å². The van der Waals surface area contributed by atoms with Gasteiger partial charge in [0.15, 0.2) is 0 Å². The van der Waals surface area contributed by atoms with Crippen molar-refractivity contribution < 1.29 is 4.92 Å². The van der Waals surface area contributed by atoms with E-state index in [1.807, 2.05) is 12.1 Å². The number of fused-ring (bicyclic) bond motifs is 1. The highest BCUT2D eigenvalue weighted by Gasteiger charge is 2.32. The lowest BCUT2D eigenvalue weighted by molar-refractivity contribution is -0.384. The van der Waals surface area contributed by atoms with Gasteiger partial charge in [-0.3, -0.25) is 15.0 Å². The third kappa shape index (κ3) is 2.47. The molecular formula is C14H18ClN3O2. The molecule has 1 aromatic rings. The maximum Gasteiger partial charge on any atom is 0.292 e. The van der Waals surface area contributed by atoms with Crippen LogP contribution in [0.15, 0.2) is 18.2 Å². The predicted molar refractivity (Wildman–Crippen MR) is 79.5 cm³/mol. The number of hydrogen-bond acceptors (Lipinski definition) is 4. The minimum Gasteiger partial charge on any atom is -0.363 e. The number of halogens is 1. The zero-order valence-corrected chi connectivity index (χ0v) is 12.1. The van der Waals surface area contributed by atoms with Crippen molar-refractivity contribution in [2.45, 2.75) is 24.8 Å². The lowest BCUT2D eigenvalue weighted by Gasteiger charge is -2.38. The zero-order valence-electron chi connectivity index (χ0n) is 11.3. The Morgan fingerprint density at radius 3 is 2.95 bits per heavy atom. The van der Waals surface area contributed by atoms with Gasteiger partial charge < -0.3 is 4.90 Å². The van der Waals surface area contributed by atoms with Gasteiger partial charge in [0.1, 0.15) is 5.69 Å². The summed E-state index contributed by atoms with van der Waals surface area (Å²) in [7, 11) is 0. The number of nitrogens with zero attached hydrogens (tertiary/aromatic N) is 3. The third-order valence-electron chi connectivity index (χ3n) is 4.32. The van der Waals surface area contributed by atoms with Crippen molar-refractivity contribution in [3.63, 3.8) is 0 Å². The van der Waals surface area contributed by atoms with Crippen LogP contribution in [0, 0.1) is 10.1 Å². The lowest BCUT2D eigenvalue weighted by Crippen LogP contribution is -2.50. The Morgan fingerprint density at radius 2 is 2.20 bits per heavy atom. The van der Waals surface area contributed by atoms with Gasteiger partial charge in [0, 0.05) is 37.6 Å². The molecule has 0 radical (unpaired) electrons. The number of alkyl halides is 1. The summed E-state index contributed by atoms with van der Waals surface area (Å²) in [6.45, 7) is 3.92. The van der Waals surface area contributed by atoms with Crippen LogP contribution in [0.3, 0.4) is 0 Å². The normalized spacial score (nSPS) is 22.9. The van der Waals surface area contributed by atoms with Gasteiger partial charge in [-0.1, -0.05) is 6.07 Å². The van der Waals surface area contributed by atoms with Crippen molar-refractivity contribution in [1.29, 1.82) is 0 Å². The zero-order chi connectivity index (χ0) is 14.1. The quantitative estimate of drug-likeness (QED) is 0.489. The summed E-state index contributed by atoms with van der Waals surface area (Å²) in [6, 6.07) is 5.89. The number of benzene rings is 1. The summed E-state index contributed by atoms with van der Waals surface area (Å²) >= 11 is 5.77. The van der Waals surface area contributed by atoms with E-state index in [0.717, 1.165) is 30.9 Å². The first-order valence-corrected chi connectivity index (χ1v) is 7.55. The number of piperazine rings is 1. The Kier molecular flexibility index (Phi) is 3.81. The smallest absolute Gasteiger partial charge is 0.292 e. The number of hydrogen-bond donors (Lipinski definition) is 0. The molecule has 6 heteroatoms. The van der Waals surface area contributed by atoms with Crippen LogP contribution in [-0.2, 0) is 5.88 Å². The van der Waals surface area contributed by atoms with Crippen molar-refractivity contribution in [1.82, 2.24) is 4.90 Å². The SMILES string of the molecule is O=[N+]([O-])c1cc(CCl)ccc1N1CCN2CCCC2C1. The lowest BCUT2D eigenvalue weighted by atomic mass is 10.1. The summed E-state index contributed by atoms with van der Waals surface area (Å²) in [6.07, 6.45) is 2.44. The molecule has 2 aliphatic heterocycles. The number of rotatable bonds is 3. The molecule has 0 N–H and O–H groups in total. The molecule has 0 aromatic heterocycles. The molecule has 20 heavy (non-hydrogen) atoms. The molecule has 0 aliphatic carbocycles. The highest BCUT2D eigenvalue weighted by molar-refractivity contribution is 6.17. The van der Waals surface area contributed by atoms with E-state index in [1.165, 1.54) is 19.4 Å². The molecule has 1 unspecified atom stereocenters. The molecule has 1 atom stereocenters. The molecule has 0 bridgehead atoms. The second-order valence-corrected chi connectivity index (χ2v) is 5.76. The van der Waals surface area contributed by atoms with Gasteiger partial charge in [-0.05, 0) is 31.0 Å². The fourth-order valence-corrected chi connectivity index (χ4v) is 3.44. The van der Waals surface area contributed by atoms with Gasteiger partial charge >= 0.3 is 0 Å². The first-order valence-electron chi connectivity index (χ1n) is 7.01. The van der Waals surface area contributed by atoms with E-state index in [4.69, 9.17) is 11.6 Å². The Labute approximate surface area is 123 Å². The summed E-state index contributed by atoms with van der Waals surface area (Å²) < 4.78 is 0. The Hall–Kier alpha value is -1.33. The maximum atomic E-state index is 11.3. The number of anilines is 1. The molecule has 5 nitrogen and oxygen atoms in total. The van der Waals surface area contributed by atoms with Gasteiger partial charge in [0.2, 0.25) is 0 Å². The van der Waals surface area contributed by atoms with Crippen LogP contribution in [0.25, 0.3) is 0 Å². The van der Waals surface area contributed by atoms with Crippen LogP contribution in [-0.4, -0.2) is 42.0 Å². The standard InChI is InChI=1S/C14H18ClN3O2/c15-9-11-3-4-13(14(8-11)18(19)20)17-7-6-16-5-1-2-12(16)10-17/h3-4,8,12H,1-2,5-7,9-10H2. The van der Waals surface area contributed by atoms with Gasteiger partial charge in [-0.15, -0.1) is 11.6 Å². The molecule has 108 valence electrons. The average Bonchev–Trinajstić information content (AvgIpc) is 2.93. The molecule has 0 saturated carbocycles. The largest absolute Gasteiger partial charge is 0.363 e. The van der Waals surface area contributed by atoms with E-state index in [2.05, 4.69) is 9.80 Å². The first kappa shape index (κ1) is 13.6. The van der Waals surface area contributed by atoms with Gasteiger partial charge in [-0.2, -0.15) is 0 Å². The van der Waals surface area contributed by atoms with Crippen molar-refractivity contribution in [3.8, 4) is 0 Å². The minimum absolute atomic E-state index is 0.176. The Morgan fingerprint density at radius 1 is 1.35 bits per heavy atom. The highest BCUT2D eigenvalue weighted by atomic mass is 35.5. The van der Waals surface area contributed by atoms with Gasteiger partial charge in [0.05, 0.1) is 4.92 Å². The molecule has 1 aromatic carbocycles. The average molecular weight is 296 g/mol. The summed E-state index contributed by atoms with van der Waals surface area (Å²) in [4.78, 5) is 15.6. The second kappa shape index (κ2) is 5.58. The van der Waals surface area contributed by atoms with Crippen molar-refractivity contribution in [2.75, 3.05) is 31.1 Å². The van der Waals surface area contributed by atoms with E-state index >= 15 is 0 Å². The topological polar surface area (TPSA) is 49.6 Å². The molecular weight excluding hydrogens is 278 g/mol. The van der Waals surface area contributed by atoms with Gasteiger partial charge in [-0.25, -0.2) is 0 Å². The molecule has 0 amide bonds. The predicted octanol–water partition coefficient (Wildman–Crippen LogP) is 2.62. The fourth-order valence-electron chi connectivity index (χ4n) is 3.28. The van der Waals surface area contributed by atoms with Gasteiger partial charge in [0.25, 0.3) is 5.69 Å². The molecule has 0 spiro atoms. The molecule has 3 rings (SSSR count). The van der Waals surface area contributed by atoms with E-state index in [0.29, 0.717) is 11.9 Å². The van der Waals surface area contributed by atoms with Crippen molar-refractivity contribution >= 4 is 23.0 Å². The van der Waals surface area contributed by atoms with Crippen LogP contribution in [0.2, 0.25) is 0 Å². The monoisotopic (exact) mass is 295 g/mol. The number of nitro benzene ring substituents is 1. The van der Waals surface area contributed by atoms with Crippen LogP contribution < -0.4 is 4.90 Å². The van der Waals surface area contributed by atoms with E-state index < -0.39 is 0 Å². The van der Waals surface area contributed by atoms with Crippen LogP contribution in [0.1, 0.15) is 18.4 Å². The van der Waals surface area contributed by atoms with Crippen LogP contribution >= 0.6 is 11.6 Å². The van der Waals surface area contributed by atoms with E-state index in [1.54, 1.807) is 6.07 Å². The molecule has 2 saturated heterocycles. The summed E-state index contributed by atoms with van der Waals surface area (Å²) in [5.74, 6) is 0.303. The minimum atomic E-state index is -0.299. The third-order valence-corrected chi connectivity index (χ3v) is 4.63. The molecule has 2 aliphatic rings. The van der Waals surface area contributed by atoms with E-state index in [9.17, 15) is 10.1 Å². The molecule has 2 heterocycles. The first-order chi connectivity index (χ1) is 9.69. The van der Waals surface area contributed by atoms with E-state index in [-0.39, 0.29) is 10.6 Å². The summed E-state index contributed by atoms with van der Waals surface area (Å²) in [5, 5.41) is 11.3. The Balaban J connectivity index is 1.87. The highest BCUT2D eigenvalue weighted by Crippen LogP contribution is 2.33. The maximum absolute atomic E-state index is 11.3. The second-order valence-electron chi connectivity index (χ2n) is 5.49.